The first kappa shape index (κ1) is 56.2. The molecule has 0 atom stereocenters. The second-order valence-corrected chi connectivity index (χ2v) is 26.9. The van der Waals surface area contributed by atoms with E-state index in [1.807, 2.05) is 11.8 Å². The van der Waals surface area contributed by atoms with Crippen molar-refractivity contribution in [3.05, 3.63) is 358 Å². The van der Waals surface area contributed by atoms with Crippen LogP contribution < -0.4 is 57.3 Å². The molecule has 16 aromatic carbocycles. The van der Waals surface area contributed by atoms with Gasteiger partial charge in [0.15, 0.2) is 0 Å². The smallest absolute Gasteiger partial charge is 0.252 e. The summed E-state index contributed by atoms with van der Waals surface area (Å²) in [5, 5.41) is 7.19. The molecule has 98 heavy (non-hydrogen) atoms. The molecule has 0 spiro atoms. The molecule has 16 aromatic rings. The minimum atomic E-state index is -0.186. The third-order valence-corrected chi connectivity index (χ3v) is 21.7. The number of rotatable bonds is 10. The Bertz CT molecular complexity index is 5700. The molecular weight excluding hydrogens is 1200 g/mol. The molecule has 0 N–H and O–H groups in total. The van der Waals surface area contributed by atoms with Crippen LogP contribution in [0.5, 0.6) is 0 Å². The SMILES string of the molecule is c1ccc(N(c2ccccc2)c2cc3c4c(c2)N(c2ccccc2)c2ccccc2B4c2cc4c(cc2S3)N(c2c3ccccc3c(-c3cccc5ccccc35)c3ccccc23)c2cc(N(c3ccccc3)c3ccccc3)cc3c2B4c2ccccc2N3c2ccccc2)cc1. The van der Waals surface area contributed by atoms with Crippen molar-refractivity contribution in [1.82, 2.24) is 0 Å². The number of hydrogen-bond acceptors (Lipinski definition) is 6. The van der Waals surface area contributed by atoms with Crippen LogP contribution in [0.1, 0.15) is 0 Å². The van der Waals surface area contributed by atoms with Gasteiger partial charge < -0.3 is 24.5 Å². The summed E-state index contributed by atoms with van der Waals surface area (Å²) in [5.74, 6) is 0. The fourth-order valence-electron chi connectivity index (χ4n) is 16.6. The minimum absolute atomic E-state index is 0.114. The molecule has 0 aromatic heterocycles. The van der Waals surface area contributed by atoms with Gasteiger partial charge in [0.2, 0.25) is 6.71 Å². The fourth-order valence-corrected chi connectivity index (χ4v) is 17.8. The molecule has 0 amide bonds. The molecule has 4 heterocycles. The van der Waals surface area contributed by atoms with E-state index in [2.05, 4.69) is 382 Å². The van der Waals surface area contributed by atoms with Crippen LogP contribution in [0.3, 0.4) is 0 Å². The Labute approximate surface area is 575 Å². The van der Waals surface area contributed by atoms with Crippen LogP contribution in [0.4, 0.5) is 85.3 Å². The highest BCUT2D eigenvalue weighted by molar-refractivity contribution is 8.00. The molecule has 20 rings (SSSR count). The third kappa shape index (κ3) is 8.71. The van der Waals surface area contributed by atoms with Gasteiger partial charge in [-0.2, -0.15) is 0 Å². The normalized spacial score (nSPS) is 13.0. The van der Waals surface area contributed by atoms with Crippen molar-refractivity contribution >= 4 is 176 Å². The lowest BCUT2D eigenvalue weighted by atomic mass is 9.31. The van der Waals surface area contributed by atoms with E-state index in [0.717, 1.165) is 73.9 Å². The zero-order valence-electron chi connectivity index (χ0n) is 53.4. The highest BCUT2D eigenvalue weighted by Gasteiger charge is 2.48. The average molecular weight is 1260 g/mol. The molecule has 0 fully saturated rings. The van der Waals surface area contributed by atoms with E-state index >= 15 is 0 Å². The topological polar surface area (TPSA) is 16.2 Å². The van der Waals surface area contributed by atoms with Gasteiger partial charge in [-0.15, -0.1) is 0 Å². The van der Waals surface area contributed by atoms with Gasteiger partial charge in [-0.05, 0) is 175 Å². The average Bonchev–Trinajstić information content (AvgIpc) is 0.687. The molecule has 4 aliphatic heterocycles. The van der Waals surface area contributed by atoms with Crippen LogP contribution in [-0.4, -0.2) is 13.4 Å². The third-order valence-electron chi connectivity index (χ3n) is 20.5. The largest absolute Gasteiger partial charge is 0.311 e. The van der Waals surface area contributed by atoms with Gasteiger partial charge >= 0.3 is 0 Å². The summed E-state index contributed by atoms with van der Waals surface area (Å²) in [6, 6.07) is 133. The number of nitrogens with zero attached hydrogens (tertiary/aromatic N) is 5. The Morgan fingerprint density at radius 1 is 0.245 bits per heavy atom. The molecule has 4 aliphatic rings. The summed E-state index contributed by atoms with van der Waals surface area (Å²) >= 11 is 1.92. The van der Waals surface area contributed by atoms with Crippen molar-refractivity contribution < 1.29 is 0 Å². The maximum absolute atomic E-state index is 2.72. The summed E-state index contributed by atoms with van der Waals surface area (Å²) in [5.41, 5.74) is 26.9. The quantitative estimate of drug-likeness (QED) is 0.0995. The zero-order valence-corrected chi connectivity index (χ0v) is 54.2. The molecule has 5 nitrogen and oxygen atoms in total. The van der Waals surface area contributed by atoms with E-state index in [-0.39, 0.29) is 13.4 Å². The second kappa shape index (κ2) is 22.7. The van der Waals surface area contributed by atoms with Crippen molar-refractivity contribution in [3.63, 3.8) is 0 Å². The predicted molar refractivity (Wildman–Crippen MR) is 418 cm³/mol. The maximum Gasteiger partial charge on any atom is 0.252 e. The first-order chi connectivity index (χ1) is 48.7. The first-order valence-electron chi connectivity index (χ1n) is 33.8. The lowest BCUT2D eigenvalue weighted by molar-refractivity contribution is 1.22. The van der Waals surface area contributed by atoms with Gasteiger partial charge in [0.05, 0.1) is 11.4 Å². The van der Waals surface area contributed by atoms with E-state index < -0.39 is 0 Å². The summed E-state index contributed by atoms with van der Waals surface area (Å²) in [4.78, 5) is 15.1. The van der Waals surface area contributed by atoms with Crippen molar-refractivity contribution in [2.75, 3.05) is 24.5 Å². The lowest BCUT2D eigenvalue weighted by Gasteiger charge is -2.46. The number of benzene rings is 16. The standard InChI is InChI=1S/C90H59B2N5S/c1-7-32-61(33-8-1)93(62-34-9-2-10-35-62)67-54-82-88-83(55-67)97(90-73-47-23-21-45-71(73)87(72-46-22-24-48-74(72)90)70-49-29-31-60-30-19-20-44-69(60)70)81-59-85-78(58-77(81)91(88)75-50-25-27-52-79(75)95(82)65-40-15-5-16-41-65)92-76-51-26-28-53-80(76)96(66-42-17-6-18-43-66)84-56-68(57-86(98-85)89(84)92)94(63-36-11-3-12-37-63)64-38-13-4-14-39-64/h1-59H. The molecule has 8 heteroatoms. The number of anilines is 15. The highest BCUT2D eigenvalue weighted by atomic mass is 32.2. The van der Waals surface area contributed by atoms with Crippen LogP contribution in [0.2, 0.25) is 0 Å². The Balaban J connectivity index is 0.923. The summed E-state index contributed by atoms with van der Waals surface area (Å²) < 4.78 is 0. The van der Waals surface area contributed by atoms with Crippen LogP contribution in [-0.2, 0) is 0 Å². The van der Waals surface area contributed by atoms with Crippen molar-refractivity contribution in [1.29, 1.82) is 0 Å². The van der Waals surface area contributed by atoms with Gasteiger partial charge in [0, 0.05) is 94.5 Å². The minimum Gasteiger partial charge on any atom is -0.311 e. The summed E-state index contributed by atoms with van der Waals surface area (Å²) in [6.45, 7) is -0.300. The van der Waals surface area contributed by atoms with Gasteiger partial charge in [0.1, 0.15) is 0 Å². The molecule has 0 aliphatic carbocycles. The van der Waals surface area contributed by atoms with Crippen LogP contribution in [0, 0.1) is 0 Å². The highest BCUT2D eigenvalue weighted by Crippen LogP contribution is 2.55. The summed E-state index contributed by atoms with van der Waals surface area (Å²) in [7, 11) is 0. The van der Waals surface area contributed by atoms with Crippen LogP contribution >= 0.6 is 11.8 Å². The lowest BCUT2D eigenvalue weighted by Crippen LogP contribution is -2.64. The van der Waals surface area contributed by atoms with Gasteiger partial charge in [0.25, 0.3) is 6.71 Å². The Hall–Kier alpha value is -12.2. The predicted octanol–water partition coefficient (Wildman–Crippen LogP) is 20.6. The van der Waals surface area contributed by atoms with E-state index in [1.165, 1.54) is 97.4 Å². The molecule has 0 bridgehead atoms. The maximum atomic E-state index is 2.72. The first-order valence-corrected chi connectivity index (χ1v) is 34.6. The number of fused-ring (bicyclic) bond motifs is 11. The number of para-hydroxylation sites is 8. The zero-order chi connectivity index (χ0) is 64.4. The molecule has 0 saturated carbocycles. The van der Waals surface area contributed by atoms with Gasteiger partial charge in [-0.1, -0.05) is 260 Å². The monoisotopic (exact) mass is 1260 g/mol. The molecule has 456 valence electrons. The number of hydrogen-bond donors (Lipinski definition) is 0. The second-order valence-electron chi connectivity index (χ2n) is 25.8. The summed E-state index contributed by atoms with van der Waals surface area (Å²) in [6.07, 6.45) is 0. The van der Waals surface area contributed by atoms with E-state index in [9.17, 15) is 0 Å². The molecule has 0 radical (unpaired) electrons. The Kier molecular flexibility index (Phi) is 13.0. The van der Waals surface area contributed by atoms with Crippen molar-refractivity contribution in [2.45, 2.75) is 9.79 Å². The molecule has 0 unspecified atom stereocenters. The Morgan fingerprint density at radius 2 is 0.643 bits per heavy atom. The van der Waals surface area contributed by atoms with Crippen LogP contribution in [0.25, 0.3) is 43.4 Å². The molecular formula is C90H59B2N5S. The van der Waals surface area contributed by atoms with Gasteiger partial charge in [-0.3, -0.25) is 0 Å². The van der Waals surface area contributed by atoms with Crippen LogP contribution in [0.15, 0.2) is 368 Å². The van der Waals surface area contributed by atoms with E-state index in [0.29, 0.717) is 0 Å². The van der Waals surface area contributed by atoms with E-state index in [4.69, 9.17) is 0 Å². The fraction of sp³-hybridized carbons (Fsp3) is 0. The van der Waals surface area contributed by atoms with Gasteiger partial charge in [-0.25, -0.2) is 0 Å². The van der Waals surface area contributed by atoms with Crippen molar-refractivity contribution in [3.8, 4) is 11.1 Å². The van der Waals surface area contributed by atoms with E-state index in [1.54, 1.807) is 0 Å². The van der Waals surface area contributed by atoms with Crippen molar-refractivity contribution in [2.24, 2.45) is 0 Å². The Morgan fingerprint density at radius 3 is 1.16 bits per heavy atom. The molecule has 0 saturated heterocycles.